The van der Waals surface area contributed by atoms with Crippen molar-refractivity contribution in [3.63, 3.8) is 0 Å². The van der Waals surface area contributed by atoms with Crippen LogP contribution in [0.2, 0.25) is 0 Å². The molecule has 0 aliphatic carbocycles. The second-order valence-electron chi connectivity index (χ2n) is 4.98. The van der Waals surface area contributed by atoms with Crippen molar-refractivity contribution in [2.75, 3.05) is 26.2 Å². The predicted octanol–water partition coefficient (Wildman–Crippen LogP) is 2.14. The summed E-state index contributed by atoms with van der Waals surface area (Å²) in [6.07, 6.45) is 6.96. The Kier molecular flexibility index (Phi) is 3.25. The van der Waals surface area contributed by atoms with Gasteiger partial charge < -0.3 is 5.32 Å². The Bertz CT molecular complexity index is 411. The summed E-state index contributed by atoms with van der Waals surface area (Å²) in [5.41, 5.74) is 3.04. The number of hydrogen-bond acceptors (Lipinski definition) is 2. The number of nitrogens with one attached hydrogen (secondary N) is 1. The molecule has 1 atom stereocenters. The summed E-state index contributed by atoms with van der Waals surface area (Å²) in [5.74, 6) is 0. The Morgan fingerprint density at radius 1 is 1.24 bits per heavy atom. The third-order valence-electron chi connectivity index (χ3n) is 3.80. The topological polar surface area (TPSA) is 15.3 Å². The number of fused-ring (bicyclic) bond motifs is 1. The van der Waals surface area contributed by atoms with Crippen molar-refractivity contribution >= 4 is 0 Å². The fourth-order valence-electron chi connectivity index (χ4n) is 2.87. The fourth-order valence-corrected chi connectivity index (χ4v) is 2.87. The molecule has 0 saturated carbocycles. The molecular weight excluding hydrogens is 208 g/mol. The molecule has 0 bridgehead atoms. The van der Waals surface area contributed by atoms with Crippen LogP contribution in [-0.4, -0.2) is 31.1 Å². The van der Waals surface area contributed by atoms with Crippen molar-refractivity contribution in [3.8, 4) is 0 Å². The Hall–Kier alpha value is -1.12. The first-order valence-corrected chi connectivity index (χ1v) is 6.62. The van der Waals surface area contributed by atoms with Crippen LogP contribution in [0, 0.1) is 0 Å². The first-order valence-electron chi connectivity index (χ1n) is 6.62. The molecule has 1 N–H and O–H groups in total. The molecule has 0 amide bonds. The summed E-state index contributed by atoms with van der Waals surface area (Å²) < 4.78 is 0. The summed E-state index contributed by atoms with van der Waals surface area (Å²) in [4.78, 5) is 2.54. The highest BCUT2D eigenvalue weighted by molar-refractivity contribution is 5.32. The summed E-state index contributed by atoms with van der Waals surface area (Å²) in [5, 5.41) is 3.66. The van der Waals surface area contributed by atoms with E-state index in [2.05, 4.69) is 46.6 Å². The van der Waals surface area contributed by atoms with Gasteiger partial charge in [-0.15, -0.1) is 0 Å². The maximum atomic E-state index is 3.66. The summed E-state index contributed by atoms with van der Waals surface area (Å²) >= 11 is 0. The molecule has 2 heterocycles. The van der Waals surface area contributed by atoms with Crippen molar-refractivity contribution < 1.29 is 0 Å². The van der Waals surface area contributed by atoms with Crippen molar-refractivity contribution in [2.24, 2.45) is 0 Å². The van der Waals surface area contributed by atoms with E-state index in [1.807, 2.05) is 0 Å². The number of nitrogens with zero attached hydrogens (tertiary/aromatic N) is 1. The zero-order valence-electron chi connectivity index (χ0n) is 10.2. The molecule has 0 radical (unpaired) electrons. The van der Waals surface area contributed by atoms with Crippen molar-refractivity contribution in [3.05, 3.63) is 47.5 Å². The van der Waals surface area contributed by atoms with Gasteiger partial charge >= 0.3 is 0 Å². The van der Waals surface area contributed by atoms with E-state index in [4.69, 9.17) is 0 Å². The molecule has 2 aliphatic rings. The average Bonchev–Trinajstić information content (AvgIpc) is 2.40. The van der Waals surface area contributed by atoms with Crippen LogP contribution in [0.4, 0.5) is 0 Å². The van der Waals surface area contributed by atoms with Gasteiger partial charge in [-0.2, -0.15) is 0 Å². The maximum absolute atomic E-state index is 3.66. The fraction of sp³-hybridized carbons (Fsp3) is 0.467. The predicted molar refractivity (Wildman–Crippen MR) is 71.1 cm³/mol. The molecule has 17 heavy (non-hydrogen) atoms. The van der Waals surface area contributed by atoms with Crippen LogP contribution in [0.5, 0.6) is 0 Å². The second-order valence-corrected chi connectivity index (χ2v) is 4.98. The van der Waals surface area contributed by atoms with Gasteiger partial charge in [0.25, 0.3) is 0 Å². The molecule has 0 saturated heterocycles. The van der Waals surface area contributed by atoms with E-state index in [0.717, 1.165) is 19.6 Å². The lowest BCUT2D eigenvalue weighted by Gasteiger charge is -2.32. The van der Waals surface area contributed by atoms with E-state index >= 15 is 0 Å². The molecular formula is C15H20N2. The average molecular weight is 228 g/mol. The second kappa shape index (κ2) is 5.03. The van der Waals surface area contributed by atoms with Gasteiger partial charge in [0.05, 0.1) is 0 Å². The van der Waals surface area contributed by atoms with Gasteiger partial charge in [-0.05, 0) is 30.5 Å². The van der Waals surface area contributed by atoms with Gasteiger partial charge in [0.2, 0.25) is 0 Å². The lowest BCUT2D eigenvalue weighted by Crippen LogP contribution is -2.40. The van der Waals surface area contributed by atoms with Gasteiger partial charge in [0.15, 0.2) is 0 Å². The molecule has 90 valence electrons. The summed E-state index contributed by atoms with van der Waals surface area (Å²) in [6.45, 7) is 4.57. The molecule has 1 aromatic rings. The normalized spacial score (nSPS) is 24.6. The molecule has 0 aromatic heterocycles. The van der Waals surface area contributed by atoms with Crippen LogP contribution in [0.25, 0.3) is 0 Å². The minimum Gasteiger partial charge on any atom is -0.309 e. The molecule has 1 aromatic carbocycles. The summed E-state index contributed by atoms with van der Waals surface area (Å²) in [6, 6.07) is 9.40. The van der Waals surface area contributed by atoms with Crippen molar-refractivity contribution in [1.29, 1.82) is 0 Å². The van der Waals surface area contributed by atoms with E-state index in [-0.39, 0.29) is 0 Å². The lowest BCUT2D eigenvalue weighted by atomic mass is 9.94. The van der Waals surface area contributed by atoms with E-state index in [9.17, 15) is 0 Å². The summed E-state index contributed by atoms with van der Waals surface area (Å²) in [7, 11) is 0. The quantitative estimate of drug-likeness (QED) is 0.780. The largest absolute Gasteiger partial charge is 0.309 e. The third-order valence-corrected chi connectivity index (χ3v) is 3.80. The number of benzene rings is 1. The van der Waals surface area contributed by atoms with Crippen LogP contribution >= 0.6 is 0 Å². The monoisotopic (exact) mass is 228 g/mol. The third kappa shape index (κ3) is 2.43. The molecule has 3 rings (SSSR count). The van der Waals surface area contributed by atoms with Crippen LogP contribution in [-0.2, 0) is 6.42 Å². The Balaban J connectivity index is 1.74. The zero-order valence-corrected chi connectivity index (χ0v) is 10.2. The van der Waals surface area contributed by atoms with Gasteiger partial charge in [0.1, 0.15) is 0 Å². The van der Waals surface area contributed by atoms with Crippen molar-refractivity contribution in [1.82, 2.24) is 10.2 Å². The SMILES string of the molecule is C1=CCN(CC2NCCc3ccccc32)CC1. The molecule has 1 unspecified atom stereocenters. The van der Waals surface area contributed by atoms with Gasteiger partial charge in [-0.3, -0.25) is 4.90 Å². The molecule has 2 nitrogen and oxygen atoms in total. The highest BCUT2D eigenvalue weighted by Crippen LogP contribution is 2.23. The highest BCUT2D eigenvalue weighted by atomic mass is 15.1. The maximum Gasteiger partial charge on any atom is 0.0452 e. The smallest absolute Gasteiger partial charge is 0.0452 e. The van der Waals surface area contributed by atoms with E-state index in [1.54, 1.807) is 0 Å². The standard InChI is InChI=1S/C15H20N2/c1-4-10-17(11-5-1)12-15-14-7-3-2-6-13(14)8-9-16-15/h1-4,6-7,15-16H,5,8-12H2. The van der Waals surface area contributed by atoms with Gasteiger partial charge in [-0.25, -0.2) is 0 Å². The molecule has 2 aliphatic heterocycles. The molecule has 0 fully saturated rings. The van der Waals surface area contributed by atoms with E-state index < -0.39 is 0 Å². The van der Waals surface area contributed by atoms with Crippen LogP contribution in [0.15, 0.2) is 36.4 Å². The molecule has 2 heteroatoms. The first kappa shape index (κ1) is 11.0. The van der Waals surface area contributed by atoms with Crippen LogP contribution in [0.1, 0.15) is 23.6 Å². The number of hydrogen-bond donors (Lipinski definition) is 1. The highest BCUT2D eigenvalue weighted by Gasteiger charge is 2.21. The first-order chi connectivity index (χ1) is 8.43. The Labute approximate surface area is 103 Å². The molecule has 0 spiro atoms. The lowest BCUT2D eigenvalue weighted by molar-refractivity contribution is 0.258. The van der Waals surface area contributed by atoms with Crippen LogP contribution < -0.4 is 5.32 Å². The minimum atomic E-state index is 0.520. The Morgan fingerprint density at radius 2 is 2.18 bits per heavy atom. The van der Waals surface area contributed by atoms with Gasteiger partial charge in [0, 0.05) is 25.7 Å². The van der Waals surface area contributed by atoms with Gasteiger partial charge in [-0.1, -0.05) is 36.4 Å². The number of rotatable bonds is 2. The minimum absolute atomic E-state index is 0.520. The van der Waals surface area contributed by atoms with E-state index in [0.29, 0.717) is 6.04 Å². The zero-order chi connectivity index (χ0) is 11.5. The van der Waals surface area contributed by atoms with Crippen LogP contribution in [0.3, 0.4) is 0 Å². The van der Waals surface area contributed by atoms with Crippen molar-refractivity contribution in [2.45, 2.75) is 18.9 Å². The Morgan fingerprint density at radius 3 is 3.06 bits per heavy atom. The van der Waals surface area contributed by atoms with E-state index in [1.165, 1.54) is 30.5 Å².